The van der Waals surface area contributed by atoms with Crippen molar-refractivity contribution in [2.45, 2.75) is 20.3 Å². The second-order valence-electron chi connectivity index (χ2n) is 4.60. The highest BCUT2D eigenvalue weighted by Crippen LogP contribution is 2.00. The van der Waals surface area contributed by atoms with Crippen LogP contribution < -0.4 is 10.2 Å². The van der Waals surface area contributed by atoms with Crippen LogP contribution in [0.2, 0.25) is 0 Å². The van der Waals surface area contributed by atoms with Crippen molar-refractivity contribution in [3.63, 3.8) is 0 Å². The zero-order valence-corrected chi connectivity index (χ0v) is 12.0. The number of amides is 1. The molecule has 1 aromatic carbocycles. The Morgan fingerprint density at radius 3 is 2.53 bits per heavy atom. The molecular formula is C16H25N2O+. The van der Waals surface area contributed by atoms with Gasteiger partial charge in [0.05, 0.1) is 19.6 Å². The number of hydrogen-bond donors (Lipinski definition) is 2. The maximum absolute atomic E-state index is 11.6. The van der Waals surface area contributed by atoms with Gasteiger partial charge in [-0.1, -0.05) is 30.3 Å². The highest BCUT2D eigenvalue weighted by molar-refractivity contribution is 5.91. The van der Waals surface area contributed by atoms with Crippen molar-refractivity contribution >= 4 is 12.0 Å². The zero-order valence-electron chi connectivity index (χ0n) is 12.0. The van der Waals surface area contributed by atoms with Crippen LogP contribution in [0.5, 0.6) is 0 Å². The van der Waals surface area contributed by atoms with E-state index in [1.54, 1.807) is 11.0 Å². The molecule has 0 aliphatic carbocycles. The molecule has 0 saturated heterocycles. The first kappa shape index (κ1) is 15.4. The number of nitrogens with one attached hydrogen (secondary N) is 2. The van der Waals surface area contributed by atoms with E-state index in [1.165, 1.54) is 0 Å². The Bertz CT molecular complexity index is 383. The lowest BCUT2D eigenvalue weighted by Gasteiger charge is -2.14. The lowest BCUT2D eigenvalue weighted by atomic mass is 10.2. The zero-order chi connectivity index (χ0) is 13.9. The Hall–Kier alpha value is -1.61. The third-order valence-electron chi connectivity index (χ3n) is 3.23. The maximum Gasteiger partial charge on any atom is 0.244 e. The van der Waals surface area contributed by atoms with E-state index >= 15 is 0 Å². The van der Waals surface area contributed by atoms with Crippen LogP contribution in [0.1, 0.15) is 25.8 Å². The van der Waals surface area contributed by atoms with Crippen LogP contribution in [0.25, 0.3) is 6.08 Å². The lowest BCUT2D eigenvalue weighted by Crippen LogP contribution is -3.11. The average molecular weight is 261 g/mol. The molecule has 0 saturated carbocycles. The molecule has 0 aliphatic rings. The quantitative estimate of drug-likeness (QED) is 0.534. The van der Waals surface area contributed by atoms with Crippen molar-refractivity contribution in [3.8, 4) is 0 Å². The smallest absolute Gasteiger partial charge is 0.244 e. The average Bonchev–Trinajstić information content (AvgIpc) is 2.46. The van der Waals surface area contributed by atoms with E-state index in [1.807, 2.05) is 36.4 Å². The summed E-state index contributed by atoms with van der Waals surface area (Å²) in [6.45, 7) is 8.56. The third-order valence-corrected chi connectivity index (χ3v) is 3.23. The minimum absolute atomic E-state index is 0.0154. The number of quaternary nitrogens is 1. The fourth-order valence-electron chi connectivity index (χ4n) is 1.95. The molecule has 0 bridgehead atoms. The summed E-state index contributed by atoms with van der Waals surface area (Å²) in [5.74, 6) is -0.0154. The van der Waals surface area contributed by atoms with Crippen LogP contribution in [0.3, 0.4) is 0 Å². The molecule has 0 heterocycles. The molecule has 3 nitrogen and oxygen atoms in total. The molecule has 0 atom stereocenters. The predicted molar refractivity (Wildman–Crippen MR) is 80.0 cm³/mol. The van der Waals surface area contributed by atoms with Gasteiger partial charge in [-0.3, -0.25) is 4.79 Å². The second kappa shape index (κ2) is 9.34. The summed E-state index contributed by atoms with van der Waals surface area (Å²) in [4.78, 5) is 13.2. The Labute approximate surface area is 116 Å². The number of benzene rings is 1. The van der Waals surface area contributed by atoms with Crippen LogP contribution in [-0.2, 0) is 4.79 Å². The highest BCUT2D eigenvalue weighted by atomic mass is 16.1. The molecule has 0 aliphatic heterocycles. The van der Waals surface area contributed by atoms with E-state index in [2.05, 4.69) is 19.2 Å². The number of rotatable bonds is 8. The van der Waals surface area contributed by atoms with Crippen molar-refractivity contribution in [3.05, 3.63) is 42.0 Å². The minimum atomic E-state index is -0.0154. The fourth-order valence-corrected chi connectivity index (χ4v) is 1.95. The van der Waals surface area contributed by atoms with Gasteiger partial charge in [0, 0.05) is 19.0 Å². The van der Waals surface area contributed by atoms with Gasteiger partial charge in [0.15, 0.2) is 0 Å². The highest BCUT2D eigenvalue weighted by Gasteiger charge is 2.01. The van der Waals surface area contributed by atoms with Gasteiger partial charge in [0.2, 0.25) is 5.91 Å². The maximum atomic E-state index is 11.6. The van der Waals surface area contributed by atoms with E-state index in [4.69, 9.17) is 0 Å². The van der Waals surface area contributed by atoms with Crippen LogP contribution in [0.15, 0.2) is 36.4 Å². The summed E-state index contributed by atoms with van der Waals surface area (Å²) in [6, 6.07) is 9.85. The first-order valence-electron chi connectivity index (χ1n) is 7.10. The summed E-state index contributed by atoms with van der Waals surface area (Å²) in [7, 11) is 0. The summed E-state index contributed by atoms with van der Waals surface area (Å²) >= 11 is 0. The topological polar surface area (TPSA) is 33.5 Å². The molecule has 0 aromatic heterocycles. The monoisotopic (exact) mass is 261 g/mol. The fraction of sp³-hybridized carbons (Fsp3) is 0.438. The Morgan fingerprint density at radius 1 is 1.21 bits per heavy atom. The van der Waals surface area contributed by atoms with Crippen molar-refractivity contribution in [1.29, 1.82) is 0 Å². The van der Waals surface area contributed by atoms with Gasteiger partial charge in [-0.05, 0) is 25.5 Å². The van der Waals surface area contributed by atoms with Crippen LogP contribution in [0.4, 0.5) is 0 Å². The van der Waals surface area contributed by atoms with Gasteiger partial charge < -0.3 is 10.2 Å². The molecule has 0 radical (unpaired) electrons. The van der Waals surface area contributed by atoms with Gasteiger partial charge >= 0.3 is 0 Å². The SMILES string of the molecule is CC[NH+](CC)CCCNC(=O)/C=C/c1ccccc1. The van der Waals surface area contributed by atoms with E-state index in [9.17, 15) is 4.79 Å². The molecule has 3 heteroatoms. The van der Waals surface area contributed by atoms with Gasteiger partial charge in [-0.2, -0.15) is 0 Å². The van der Waals surface area contributed by atoms with Crippen LogP contribution in [0, 0.1) is 0 Å². The van der Waals surface area contributed by atoms with Crippen LogP contribution in [-0.4, -0.2) is 32.1 Å². The molecule has 0 spiro atoms. The van der Waals surface area contributed by atoms with E-state index in [0.717, 1.165) is 38.2 Å². The predicted octanol–water partition coefficient (Wildman–Crippen LogP) is 1.13. The molecule has 1 rings (SSSR count). The standard InChI is InChI=1S/C16H24N2O/c1-3-18(4-2)14-8-13-17-16(19)12-11-15-9-6-5-7-10-15/h5-7,9-12H,3-4,8,13-14H2,1-2H3,(H,17,19)/p+1/b12-11+. The molecule has 1 amide bonds. The summed E-state index contributed by atoms with van der Waals surface area (Å²) in [5.41, 5.74) is 1.05. The first-order valence-corrected chi connectivity index (χ1v) is 7.10. The van der Waals surface area contributed by atoms with Crippen molar-refractivity contribution in [2.24, 2.45) is 0 Å². The van der Waals surface area contributed by atoms with Crippen molar-refractivity contribution < 1.29 is 9.69 Å². The number of carbonyl (C=O) groups excluding carboxylic acids is 1. The van der Waals surface area contributed by atoms with E-state index in [-0.39, 0.29) is 5.91 Å². The molecule has 0 fully saturated rings. The van der Waals surface area contributed by atoms with Crippen molar-refractivity contribution in [2.75, 3.05) is 26.2 Å². The Morgan fingerprint density at radius 2 is 1.89 bits per heavy atom. The molecule has 2 N–H and O–H groups in total. The largest absolute Gasteiger partial charge is 0.352 e. The number of hydrogen-bond acceptors (Lipinski definition) is 1. The van der Waals surface area contributed by atoms with Gasteiger partial charge in [-0.15, -0.1) is 0 Å². The summed E-state index contributed by atoms with van der Waals surface area (Å²) in [5, 5.41) is 2.92. The first-order chi connectivity index (χ1) is 9.26. The molecule has 19 heavy (non-hydrogen) atoms. The summed E-state index contributed by atoms with van der Waals surface area (Å²) < 4.78 is 0. The minimum Gasteiger partial charge on any atom is -0.352 e. The summed E-state index contributed by atoms with van der Waals surface area (Å²) in [6.07, 6.45) is 4.46. The Balaban J connectivity index is 2.20. The normalized spacial score (nSPS) is 11.1. The second-order valence-corrected chi connectivity index (χ2v) is 4.60. The Kier molecular flexibility index (Phi) is 7.59. The van der Waals surface area contributed by atoms with Crippen LogP contribution >= 0.6 is 0 Å². The van der Waals surface area contributed by atoms with Gasteiger partial charge in [0.25, 0.3) is 0 Å². The lowest BCUT2D eigenvalue weighted by molar-refractivity contribution is -0.896. The van der Waals surface area contributed by atoms with E-state index < -0.39 is 0 Å². The third kappa shape index (κ3) is 6.77. The van der Waals surface area contributed by atoms with Crippen molar-refractivity contribution in [1.82, 2.24) is 5.32 Å². The molecule has 0 unspecified atom stereocenters. The number of carbonyl (C=O) groups is 1. The van der Waals surface area contributed by atoms with Gasteiger partial charge in [0.1, 0.15) is 0 Å². The van der Waals surface area contributed by atoms with E-state index in [0.29, 0.717) is 0 Å². The molecule has 1 aromatic rings. The molecule has 104 valence electrons. The van der Waals surface area contributed by atoms with Gasteiger partial charge in [-0.25, -0.2) is 0 Å². The molecular weight excluding hydrogens is 236 g/mol.